The van der Waals surface area contributed by atoms with Crippen molar-refractivity contribution in [2.45, 2.75) is 12.6 Å². The van der Waals surface area contributed by atoms with Crippen LogP contribution in [0.3, 0.4) is 0 Å². The lowest BCUT2D eigenvalue weighted by atomic mass is 10.0. The molecule has 0 saturated heterocycles. The highest BCUT2D eigenvalue weighted by atomic mass is 19.1. The Kier molecular flexibility index (Phi) is 4.24. The first-order valence-corrected chi connectivity index (χ1v) is 4.85. The number of benzene rings is 1. The van der Waals surface area contributed by atoms with Gasteiger partial charge in [-0.05, 0) is 30.7 Å². The summed E-state index contributed by atoms with van der Waals surface area (Å²) in [6.45, 7) is 0.297. The summed E-state index contributed by atoms with van der Waals surface area (Å²) >= 11 is 0. The molecule has 0 heterocycles. The fourth-order valence-corrected chi connectivity index (χ4v) is 1.33. The first-order valence-electron chi connectivity index (χ1n) is 4.85. The van der Waals surface area contributed by atoms with Crippen LogP contribution < -0.4 is 11.1 Å². The number of carbonyl (C=O) groups excluding carboxylic acids is 1. The molecule has 1 atom stereocenters. The van der Waals surface area contributed by atoms with Gasteiger partial charge < -0.3 is 11.1 Å². The third-order valence-corrected chi connectivity index (χ3v) is 2.16. The van der Waals surface area contributed by atoms with E-state index in [1.165, 1.54) is 0 Å². The van der Waals surface area contributed by atoms with Gasteiger partial charge >= 0.3 is 0 Å². The molecule has 0 aliphatic heterocycles. The molecule has 1 aromatic carbocycles. The van der Waals surface area contributed by atoms with Crippen LogP contribution in [0.1, 0.15) is 28.5 Å². The summed E-state index contributed by atoms with van der Waals surface area (Å²) in [6, 6.07) is 6.53. The summed E-state index contributed by atoms with van der Waals surface area (Å²) in [5.41, 5.74) is 6.24. The molecule has 0 bridgehead atoms. The van der Waals surface area contributed by atoms with Gasteiger partial charge in [0.1, 0.15) is 6.17 Å². The second-order valence-electron chi connectivity index (χ2n) is 3.25. The molecule has 3 N–H and O–H groups in total. The number of alkyl halides is 1. The summed E-state index contributed by atoms with van der Waals surface area (Å²) in [4.78, 5) is 11.3. The van der Waals surface area contributed by atoms with E-state index in [0.717, 1.165) is 0 Å². The largest absolute Gasteiger partial charge is 0.355 e. The van der Waals surface area contributed by atoms with Crippen LogP contribution in [0.15, 0.2) is 24.3 Å². The fraction of sp³-hybridized carbons (Fsp3) is 0.364. The topological polar surface area (TPSA) is 55.1 Å². The number of amides is 1. The Morgan fingerprint density at radius 2 is 2.33 bits per heavy atom. The molecule has 1 aromatic rings. The molecule has 0 saturated carbocycles. The lowest BCUT2D eigenvalue weighted by Gasteiger charge is -2.08. The molecule has 0 aliphatic rings. The lowest BCUT2D eigenvalue weighted by molar-refractivity contribution is 0.0963. The zero-order valence-corrected chi connectivity index (χ0v) is 8.66. The summed E-state index contributed by atoms with van der Waals surface area (Å²) in [5, 5.41) is 2.49. The van der Waals surface area contributed by atoms with Crippen molar-refractivity contribution in [2.24, 2.45) is 5.73 Å². The Morgan fingerprint density at radius 1 is 1.60 bits per heavy atom. The molecule has 0 radical (unpaired) electrons. The molecule has 0 fully saturated rings. The highest BCUT2D eigenvalue weighted by Gasteiger charge is 2.10. The number of halogens is 1. The van der Waals surface area contributed by atoms with Gasteiger partial charge in [-0.1, -0.05) is 12.1 Å². The molecule has 0 spiro atoms. The monoisotopic (exact) mass is 210 g/mol. The van der Waals surface area contributed by atoms with Crippen molar-refractivity contribution in [3.05, 3.63) is 35.4 Å². The lowest BCUT2D eigenvalue weighted by Crippen LogP contribution is -2.18. The zero-order chi connectivity index (χ0) is 11.3. The Balaban J connectivity index is 2.87. The third kappa shape index (κ3) is 3.02. The molecule has 82 valence electrons. The van der Waals surface area contributed by atoms with Crippen molar-refractivity contribution in [3.63, 3.8) is 0 Å². The van der Waals surface area contributed by atoms with Gasteiger partial charge in [-0.3, -0.25) is 4.79 Å². The van der Waals surface area contributed by atoms with Gasteiger partial charge in [-0.2, -0.15) is 0 Å². The van der Waals surface area contributed by atoms with E-state index in [9.17, 15) is 9.18 Å². The molecular weight excluding hydrogens is 195 g/mol. The molecule has 0 aliphatic carbocycles. The van der Waals surface area contributed by atoms with E-state index in [1.54, 1.807) is 31.3 Å². The Hall–Kier alpha value is -1.42. The van der Waals surface area contributed by atoms with Crippen molar-refractivity contribution in [1.82, 2.24) is 5.32 Å². The smallest absolute Gasteiger partial charge is 0.251 e. The van der Waals surface area contributed by atoms with Crippen LogP contribution in [0, 0.1) is 0 Å². The standard InChI is InChI=1S/C11H15FN2O/c1-14-11(15)9-4-2-3-8(7-9)10(12)5-6-13/h2-4,7,10H,5-6,13H2,1H3,(H,14,15). The van der Waals surface area contributed by atoms with Crippen LogP contribution >= 0.6 is 0 Å². The number of rotatable bonds is 4. The van der Waals surface area contributed by atoms with E-state index in [4.69, 9.17) is 5.73 Å². The van der Waals surface area contributed by atoms with E-state index < -0.39 is 6.17 Å². The third-order valence-electron chi connectivity index (χ3n) is 2.16. The first kappa shape index (κ1) is 11.7. The van der Waals surface area contributed by atoms with Crippen LogP contribution in [-0.2, 0) is 0 Å². The van der Waals surface area contributed by atoms with Crippen molar-refractivity contribution in [1.29, 1.82) is 0 Å². The predicted octanol–water partition coefficient (Wildman–Crippen LogP) is 1.41. The average molecular weight is 210 g/mol. The van der Waals surface area contributed by atoms with Crippen molar-refractivity contribution < 1.29 is 9.18 Å². The maximum Gasteiger partial charge on any atom is 0.251 e. The van der Waals surface area contributed by atoms with Gasteiger partial charge in [0.05, 0.1) is 0 Å². The molecule has 15 heavy (non-hydrogen) atoms. The molecular formula is C11H15FN2O. The van der Waals surface area contributed by atoms with Crippen LogP contribution in [0.5, 0.6) is 0 Å². The van der Waals surface area contributed by atoms with Crippen LogP contribution in [0.2, 0.25) is 0 Å². The van der Waals surface area contributed by atoms with E-state index in [-0.39, 0.29) is 12.3 Å². The number of nitrogens with two attached hydrogens (primary N) is 1. The minimum atomic E-state index is -1.10. The van der Waals surface area contributed by atoms with E-state index >= 15 is 0 Å². The van der Waals surface area contributed by atoms with E-state index in [2.05, 4.69) is 5.32 Å². The summed E-state index contributed by atoms with van der Waals surface area (Å²) in [7, 11) is 1.54. The van der Waals surface area contributed by atoms with Gasteiger partial charge in [0.15, 0.2) is 0 Å². The molecule has 0 aromatic heterocycles. The van der Waals surface area contributed by atoms with Gasteiger partial charge in [0, 0.05) is 12.6 Å². The quantitative estimate of drug-likeness (QED) is 0.789. The molecule has 3 nitrogen and oxygen atoms in total. The number of hydrogen-bond acceptors (Lipinski definition) is 2. The van der Waals surface area contributed by atoms with E-state index in [0.29, 0.717) is 17.7 Å². The average Bonchev–Trinajstić information content (AvgIpc) is 2.28. The first-order chi connectivity index (χ1) is 7.19. The molecule has 4 heteroatoms. The summed E-state index contributed by atoms with van der Waals surface area (Å²) in [6.07, 6.45) is -0.823. The number of hydrogen-bond donors (Lipinski definition) is 2. The summed E-state index contributed by atoms with van der Waals surface area (Å²) < 4.78 is 13.5. The normalized spacial score (nSPS) is 12.2. The maximum absolute atomic E-state index is 13.5. The fourth-order valence-electron chi connectivity index (χ4n) is 1.33. The maximum atomic E-state index is 13.5. The zero-order valence-electron chi connectivity index (χ0n) is 8.66. The van der Waals surface area contributed by atoms with Crippen molar-refractivity contribution >= 4 is 5.91 Å². The summed E-state index contributed by atoms with van der Waals surface area (Å²) in [5.74, 6) is -0.211. The highest BCUT2D eigenvalue weighted by Crippen LogP contribution is 2.21. The van der Waals surface area contributed by atoms with Crippen LogP contribution in [0.25, 0.3) is 0 Å². The second-order valence-corrected chi connectivity index (χ2v) is 3.25. The Labute approximate surface area is 88.5 Å². The van der Waals surface area contributed by atoms with Gasteiger partial charge in [-0.15, -0.1) is 0 Å². The minimum absolute atomic E-state index is 0.211. The SMILES string of the molecule is CNC(=O)c1cccc(C(F)CCN)c1. The number of nitrogens with one attached hydrogen (secondary N) is 1. The minimum Gasteiger partial charge on any atom is -0.355 e. The van der Waals surface area contributed by atoms with Crippen molar-refractivity contribution in [3.8, 4) is 0 Å². The van der Waals surface area contributed by atoms with E-state index in [1.807, 2.05) is 0 Å². The Bertz CT molecular complexity index is 341. The van der Waals surface area contributed by atoms with Crippen molar-refractivity contribution in [2.75, 3.05) is 13.6 Å². The van der Waals surface area contributed by atoms with Crippen LogP contribution in [-0.4, -0.2) is 19.5 Å². The highest BCUT2D eigenvalue weighted by molar-refractivity contribution is 5.94. The number of carbonyl (C=O) groups is 1. The molecule has 1 amide bonds. The van der Waals surface area contributed by atoms with Crippen LogP contribution in [0.4, 0.5) is 4.39 Å². The van der Waals surface area contributed by atoms with Gasteiger partial charge in [-0.25, -0.2) is 4.39 Å². The predicted molar refractivity (Wildman–Crippen MR) is 57.4 cm³/mol. The van der Waals surface area contributed by atoms with Gasteiger partial charge in [0.25, 0.3) is 5.91 Å². The molecule has 1 rings (SSSR count). The Morgan fingerprint density at radius 3 is 2.93 bits per heavy atom. The van der Waals surface area contributed by atoms with Gasteiger partial charge in [0.2, 0.25) is 0 Å². The second kappa shape index (κ2) is 5.46. The molecule has 1 unspecified atom stereocenters.